The first-order chi connectivity index (χ1) is 11.8. The molecule has 1 heterocycles. The Kier molecular flexibility index (Phi) is 4.03. The summed E-state index contributed by atoms with van der Waals surface area (Å²) < 4.78 is 37.1. The van der Waals surface area contributed by atoms with E-state index in [1.165, 1.54) is 19.3 Å². The number of rotatable bonds is 3. The maximum absolute atomic E-state index is 13.3. The number of carbonyl (C=O) groups is 2. The highest BCUT2D eigenvalue weighted by atomic mass is 19.4. The van der Waals surface area contributed by atoms with Crippen LogP contribution in [0.2, 0.25) is 0 Å². The zero-order valence-electron chi connectivity index (χ0n) is 14.3. The van der Waals surface area contributed by atoms with Gasteiger partial charge in [-0.25, -0.2) is 0 Å². The fraction of sp³-hybridized carbons (Fsp3) is 0.889. The molecule has 0 aromatic rings. The minimum atomic E-state index is -4.43. The van der Waals surface area contributed by atoms with Crippen molar-refractivity contribution >= 4 is 11.8 Å². The first-order valence-corrected chi connectivity index (χ1v) is 9.41. The Bertz CT molecular complexity index is 540. The lowest BCUT2D eigenvalue weighted by molar-refractivity contribution is -0.161. The van der Waals surface area contributed by atoms with Crippen LogP contribution in [-0.4, -0.2) is 42.0 Å². The molecule has 1 aliphatic heterocycles. The molecular formula is C18H25F3N2O2. The summed E-state index contributed by atoms with van der Waals surface area (Å²) in [5.74, 6) is 1.24. The molecule has 0 radical (unpaired) electrons. The Balaban J connectivity index is 1.47. The van der Waals surface area contributed by atoms with Gasteiger partial charge in [0.1, 0.15) is 12.6 Å². The van der Waals surface area contributed by atoms with Crippen LogP contribution in [0, 0.1) is 23.2 Å². The zero-order chi connectivity index (χ0) is 17.8. The molecule has 5 fully saturated rings. The lowest BCUT2D eigenvalue weighted by Crippen LogP contribution is -2.57. The van der Waals surface area contributed by atoms with Gasteiger partial charge in [-0.15, -0.1) is 0 Å². The number of amides is 2. The first kappa shape index (κ1) is 17.2. The van der Waals surface area contributed by atoms with Gasteiger partial charge in [0, 0.05) is 6.54 Å². The smallest absolute Gasteiger partial charge is 0.345 e. The Hall–Kier alpha value is -1.27. The number of nitrogens with one attached hydrogen (secondary N) is 1. The molecular weight excluding hydrogens is 333 g/mol. The molecule has 140 valence electrons. The number of carbonyl (C=O) groups excluding carboxylic acids is 2. The molecule has 0 aromatic carbocycles. The number of halogens is 3. The third-order valence-corrected chi connectivity index (χ3v) is 6.77. The second-order valence-corrected chi connectivity index (χ2v) is 8.69. The Labute approximate surface area is 145 Å². The van der Waals surface area contributed by atoms with Gasteiger partial charge in [0.25, 0.3) is 0 Å². The van der Waals surface area contributed by atoms with E-state index in [0.29, 0.717) is 37.1 Å². The molecule has 25 heavy (non-hydrogen) atoms. The van der Waals surface area contributed by atoms with E-state index in [0.717, 1.165) is 19.3 Å². The lowest BCUT2D eigenvalue weighted by Gasteiger charge is -2.56. The predicted octanol–water partition coefficient (Wildman–Crippen LogP) is 2.87. The van der Waals surface area contributed by atoms with Crippen molar-refractivity contribution in [3.05, 3.63) is 0 Å². The van der Waals surface area contributed by atoms with Crippen molar-refractivity contribution in [2.45, 2.75) is 63.6 Å². The van der Waals surface area contributed by atoms with E-state index in [-0.39, 0.29) is 11.3 Å². The maximum atomic E-state index is 13.3. The molecule has 1 unspecified atom stereocenters. The second kappa shape index (κ2) is 5.88. The average Bonchev–Trinajstić information content (AvgIpc) is 2.99. The van der Waals surface area contributed by atoms with E-state index >= 15 is 0 Å². The summed E-state index contributed by atoms with van der Waals surface area (Å²) in [6.45, 7) is -0.841. The molecule has 7 heteroatoms. The highest BCUT2D eigenvalue weighted by Gasteiger charge is 2.56. The van der Waals surface area contributed by atoms with Gasteiger partial charge in [-0.1, -0.05) is 0 Å². The van der Waals surface area contributed by atoms with Gasteiger partial charge in [-0.3, -0.25) is 9.59 Å². The largest absolute Gasteiger partial charge is 0.405 e. The van der Waals surface area contributed by atoms with Gasteiger partial charge in [0.15, 0.2) is 0 Å². The quantitative estimate of drug-likeness (QED) is 0.843. The van der Waals surface area contributed by atoms with Crippen LogP contribution in [0.3, 0.4) is 0 Å². The SMILES string of the molecule is O=C(NCC(F)(F)F)C1CCCN1C(=O)C12CC3CC(CC(C3)C1)C2. The molecule has 1 N–H and O–H groups in total. The lowest BCUT2D eigenvalue weighted by atomic mass is 9.49. The summed E-state index contributed by atoms with van der Waals surface area (Å²) in [4.78, 5) is 27.2. The van der Waals surface area contributed by atoms with Gasteiger partial charge in [0.2, 0.25) is 11.8 Å². The molecule has 4 saturated carbocycles. The summed E-state index contributed by atoms with van der Waals surface area (Å²) in [5, 5.41) is 1.97. The van der Waals surface area contributed by atoms with Gasteiger partial charge in [-0.2, -0.15) is 13.2 Å². The maximum Gasteiger partial charge on any atom is 0.405 e. The van der Waals surface area contributed by atoms with Crippen molar-refractivity contribution in [1.29, 1.82) is 0 Å². The van der Waals surface area contributed by atoms with Crippen molar-refractivity contribution in [2.24, 2.45) is 23.2 Å². The molecule has 5 aliphatic rings. The van der Waals surface area contributed by atoms with Crippen molar-refractivity contribution in [3.8, 4) is 0 Å². The van der Waals surface area contributed by atoms with Gasteiger partial charge in [0.05, 0.1) is 5.41 Å². The normalized spacial score (nSPS) is 39.7. The highest BCUT2D eigenvalue weighted by molar-refractivity contribution is 5.91. The summed E-state index contributed by atoms with van der Waals surface area (Å²) in [6, 6.07) is -0.733. The minimum Gasteiger partial charge on any atom is -0.345 e. The molecule has 0 spiro atoms. The minimum absolute atomic E-state index is 0.0382. The molecule has 4 bridgehead atoms. The summed E-state index contributed by atoms with van der Waals surface area (Å²) in [6.07, 6.45) is 3.11. The zero-order valence-corrected chi connectivity index (χ0v) is 14.3. The Morgan fingerprint density at radius 1 is 1.04 bits per heavy atom. The van der Waals surface area contributed by atoms with Crippen LogP contribution in [0.25, 0.3) is 0 Å². The standard InChI is InChI=1S/C18H25F3N2O2/c19-18(20,21)10-22-15(24)14-2-1-3-23(14)16(25)17-7-11-4-12(8-17)6-13(5-11)9-17/h11-14H,1-10H2,(H,22,24). The third-order valence-electron chi connectivity index (χ3n) is 6.77. The number of likely N-dealkylation sites (tertiary alicyclic amines) is 1. The molecule has 0 aromatic heterocycles. The van der Waals surface area contributed by atoms with E-state index in [9.17, 15) is 22.8 Å². The first-order valence-electron chi connectivity index (χ1n) is 9.41. The van der Waals surface area contributed by atoms with E-state index in [4.69, 9.17) is 0 Å². The summed E-state index contributed by atoms with van der Waals surface area (Å²) >= 11 is 0. The van der Waals surface area contributed by atoms with Gasteiger partial charge in [-0.05, 0) is 69.1 Å². The van der Waals surface area contributed by atoms with Crippen LogP contribution in [0.4, 0.5) is 13.2 Å². The number of nitrogens with zero attached hydrogens (tertiary/aromatic N) is 1. The Morgan fingerprint density at radius 3 is 2.12 bits per heavy atom. The van der Waals surface area contributed by atoms with E-state index in [2.05, 4.69) is 0 Å². The van der Waals surface area contributed by atoms with Crippen molar-refractivity contribution in [3.63, 3.8) is 0 Å². The van der Waals surface area contributed by atoms with Crippen LogP contribution < -0.4 is 5.32 Å². The van der Waals surface area contributed by atoms with Gasteiger partial charge < -0.3 is 10.2 Å². The Morgan fingerprint density at radius 2 is 1.60 bits per heavy atom. The van der Waals surface area contributed by atoms with Crippen LogP contribution >= 0.6 is 0 Å². The number of hydrogen-bond donors (Lipinski definition) is 1. The van der Waals surface area contributed by atoms with Crippen LogP contribution in [0.5, 0.6) is 0 Å². The van der Waals surface area contributed by atoms with Crippen LogP contribution in [0.15, 0.2) is 0 Å². The molecule has 4 aliphatic carbocycles. The van der Waals surface area contributed by atoms with Gasteiger partial charge >= 0.3 is 6.18 Å². The highest BCUT2D eigenvalue weighted by Crippen LogP contribution is 2.60. The second-order valence-electron chi connectivity index (χ2n) is 8.69. The van der Waals surface area contributed by atoms with Crippen molar-refractivity contribution in [2.75, 3.05) is 13.1 Å². The molecule has 1 atom stereocenters. The van der Waals surface area contributed by atoms with Crippen LogP contribution in [0.1, 0.15) is 51.4 Å². The monoisotopic (exact) mass is 358 g/mol. The van der Waals surface area contributed by atoms with E-state index < -0.39 is 24.7 Å². The average molecular weight is 358 g/mol. The molecule has 5 rings (SSSR count). The molecule has 4 nitrogen and oxygen atoms in total. The number of hydrogen-bond acceptors (Lipinski definition) is 2. The summed E-state index contributed by atoms with van der Waals surface area (Å²) in [5.41, 5.74) is -0.346. The molecule has 1 saturated heterocycles. The van der Waals surface area contributed by atoms with E-state index in [1.54, 1.807) is 4.90 Å². The fourth-order valence-electron chi connectivity index (χ4n) is 6.26. The van der Waals surface area contributed by atoms with Crippen molar-refractivity contribution in [1.82, 2.24) is 10.2 Å². The number of alkyl halides is 3. The fourth-order valence-corrected chi connectivity index (χ4v) is 6.26. The topological polar surface area (TPSA) is 49.4 Å². The van der Waals surface area contributed by atoms with Crippen molar-refractivity contribution < 1.29 is 22.8 Å². The third kappa shape index (κ3) is 3.14. The van der Waals surface area contributed by atoms with Crippen LogP contribution in [-0.2, 0) is 9.59 Å². The molecule has 2 amide bonds. The summed E-state index contributed by atoms with van der Waals surface area (Å²) in [7, 11) is 0. The predicted molar refractivity (Wildman–Crippen MR) is 84.4 cm³/mol. The van der Waals surface area contributed by atoms with E-state index in [1.807, 2.05) is 5.32 Å².